The van der Waals surface area contributed by atoms with Crippen molar-refractivity contribution in [2.24, 2.45) is 7.05 Å². The number of anilines is 1. The van der Waals surface area contributed by atoms with Gasteiger partial charge >= 0.3 is 0 Å². The van der Waals surface area contributed by atoms with Gasteiger partial charge in [0.15, 0.2) is 17.0 Å². The Bertz CT molecular complexity index is 923. The van der Waals surface area contributed by atoms with Crippen LogP contribution in [0.1, 0.15) is 5.56 Å². The SMILES string of the molecule is Cn1cnc2c(N3CCN(Cc4ccc(F)cc4)C(=O)C3)ncnc21. The van der Waals surface area contributed by atoms with Gasteiger partial charge in [0.1, 0.15) is 12.1 Å². The van der Waals surface area contributed by atoms with Gasteiger partial charge in [-0.2, -0.15) is 0 Å². The summed E-state index contributed by atoms with van der Waals surface area (Å²) in [6, 6.07) is 6.23. The molecular weight excluding hydrogens is 323 g/mol. The maximum atomic E-state index is 13.0. The molecule has 2 aromatic heterocycles. The molecule has 0 N–H and O–H groups in total. The Kier molecular flexibility index (Phi) is 3.79. The first-order valence-corrected chi connectivity index (χ1v) is 8.01. The number of piperazine rings is 1. The number of amides is 1. The lowest BCUT2D eigenvalue weighted by Crippen LogP contribution is -2.50. The summed E-state index contributed by atoms with van der Waals surface area (Å²) in [6.07, 6.45) is 3.18. The van der Waals surface area contributed by atoms with Crippen LogP contribution in [0.3, 0.4) is 0 Å². The standard InChI is InChI=1S/C17H17FN6O/c1-22-11-21-15-16(22)19-10-20-17(15)24-7-6-23(14(25)9-24)8-12-2-4-13(18)5-3-12/h2-5,10-11H,6-9H2,1H3. The zero-order valence-corrected chi connectivity index (χ0v) is 13.8. The Morgan fingerprint density at radius 2 is 1.92 bits per heavy atom. The van der Waals surface area contributed by atoms with Gasteiger partial charge in [-0.15, -0.1) is 0 Å². The maximum absolute atomic E-state index is 13.0. The zero-order valence-electron chi connectivity index (χ0n) is 13.8. The van der Waals surface area contributed by atoms with Crippen LogP contribution >= 0.6 is 0 Å². The number of aryl methyl sites for hydroxylation is 1. The summed E-state index contributed by atoms with van der Waals surface area (Å²) >= 11 is 0. The fourth-order valence-corrected chi connectivity index (χ4v) is 3.03. The Morgan fingerprint density at radius 1 is 1.12 bits per heavy atom. The Hall–Kier alpha value is -3.03. The predicted molar refractivity (Wildman–Crippen MR) is 90.3 cm³/mol. The summed E-state index contributed by atoms with van der Waals surface area (Å²) in [6.45, 7) is 1.96. The molecule has 1 saturated heterocycles. The van der Waals surface area contributed by atoms with E-state index in [0.29, 0.717) is 31.0 Å². The van der Waals surface area contributed by atoms with Gasteiger partial charge in [-0.1, -0.05) is 12.1 Å². The van der Waals surface area contributed by atoms with Crippen LogP contribution in [-0.4, -0.2) is 50.0 Å². The van der Waals surface area contributed by atoms with Gasteiger partial charge in [0.05, 0.1) is 12.9 Å². The number of hydrogen-bond donors (Lipinski definition) is 0. The monoisotopic (exact) mass is 340 g/mol. The number of imidazole rings is 1. The molecule has 8 heteroatoms. The van der Waals surface area contributed by atoms with Crippen molar-refractivity contribution in [2.45, 2.75) is 6.54 Å². The lowest BCUT2D eigenvalue weighted by Gasteiger charge is -2.35. The first-order valence-electron chi connectivity index (χ1n) is 8.01. The van der Waals surface area contributed by atoms with E-state index >= 15 is 0 Å². The number of halogens is 1. The predicted octanol–water partition coefficient (Wildman–Crippen LogP) is 1.35. The number of carbonyl (C=O) groups is 1. The van der Waals surface area contributed by atoms with E-state index in [1.165, 1.54) is 18.5 Å². The molecule has 25 heavy (non-hydrogen) atoms. The average Bonchev–Trinajstić information content (AvgIpc) is 3.00. The van der Waals surface area contributed by atoms with Gasteiger partial charge in [-0.3, -0.25) is 4.79 Å². The number of nitrogens with zero attached hydrogens (tertiary/aromatic N) is 6. The van der Waals surface area contributed by atoms with Crippen LogP contribution in [0.15, 0.2) is 36.9 Å². The molecule has 0 unspecified atom stereocenters. The first-order chi connectivity index (χ1) is 12.1. The van der Waals surface area contributed by atoms with Crippen molar-refractivity contribution in [3.63, 3.8) is 0 Å². The topological polar surface area (TPSA) is 67.2 Å². The Morgan fingerprint density at radius 3 is 2.68 bits per heavy atom. The van der Waals surface area contributed by atoms with Gasteiger partial charge in [-0.25, -0.2) is 19.3 Å². The van der Waals surface area contributed by atoms with E-state index in [2.05, 4.69) is 15.0 Å². The summed E-state index contributed by atoms with van der Waals surface area (Å²) in [5.41, 5.74) is 2.35. The third kappa shape index (κ3) is 2.90. The number of hydrogen-bond acceptors (Lipinski definition) is 5. The summed E-state index contributed by atoms with van der Waals surface area (Å²) in [7, 11) is 1.87. The minimum atomic E-state index is -0.275. The molecule has 7 nitrogen and oxygen atoms in total. The number of carbonyl (C=O) groups excluding carboxylic acids is 1. The van der Waals surface area contributed by atoms with Crippen LogP contribution in [0.2, 0.25) is 0 Å². The van der Waals surface area contributed by atoms with E-state index < -0.39 is 0 Å². The molecule has 0 radical (unpaired) electrons. The second kappa shape index (κ2) is 6.12. The average molecular weight is 340 g/mol. The molecule has 0 spiro atoms. The molecule has 1 aliphatic heterocycles. The maximum Gasteiger partial charge on any atom is 0.242 e. The third-order valence-corrected chi connectivity index (χ3v) is 4.38. The summed E-state index contributed by atoms with van der Waals surface area (Å²) in [5.74, 6) is 0.418. The Balaban J connectivity index is 1.51. The summed E-state index contributed by atoms with van der Waals surface area (Å²) < 4.78 is 14.8. The minimum absolute atomic E-state index is 0.0123. The highest BCUT2D eigenvalue weighted by Crippen LogP contribution is 2.22. The molecular formula is C17H17FN6O. The van der Waals surface area contributed by atoms with E-state index in [1.54, 1.807) is 23.4 Å². The molecule has 3 aromatic rings. The van der Waals surface area contributed by atoms with Crippen molar-refractivity contribution >= 4 is 22.9 Å². The van der Waals surface area contributed by atoms with Gasteiger partial charge in [0.2, 0.25) is 5.91 Å². The van der Waals surface area contributed by atoms with Crippen molar-refractivity contribution in [1.29, 1.82) is 0 Å². The van der Waals surface area contributed by atoms with Crippen molar-refractivity contribution in [1.82, 2.24) is 24.4 Å². The fraction of sp³-hybridized carbons (Fsp3) is 0.294. The van der Waals surface area contributed by atoms with Crippen LogP contribution in [-0.2, 0) is 18.4 Å². The Labute approximate surface area is 143 Å². The molecule has 0 saturated carbocycles. The smallest absolute Gasteiger partial charge is 0.242 e. The van der Waals surface area contributed by atoms with Gasteiger partial charge < -0.3 is 14.4 Å². The highest BCUT2D eigenvalue weighted by molar-refractivity contribution is 5.88. The molecule has 1 aromatic carbocycles. The number of benzene rings is 1. The molecule has 128 valence electrons. The molecule has 0 atom stereocenters. The van der Waals surface area contributed by atoms with Crippen molar-refractivity contribution in [2.75, 3.05) is 24.5 Å². The van der Waals surface area contributed by atoms with E-state index in [4.69, 9.17) is 0 Å². The molecule has 1 fully saturated rings. The van der Waals surface area contributed by atoms with Crippen LogP contribution in [0.5, 0.6) is 0 Å². The van der Waals surface area contributed by atoms with E-state index in [-0.39, 0.29) is 18.3 Å². The number of rotatable bonds is 3. The molecule has 0 bridgehead atoms. The highest BCUT2D eigenvalue weighted by atomic mass is 19.1. The van der Waals surface area contributed by atoms with Gasteiger partial charge in [-0.05, 0) is 17.7 Å². The second-order valence-electron chi connectivity index (χ2n) is 6.09. The second-order valence-corrected chi connectivity index (χ2v) is 6.09. The van der Waals surface area contributed by atoms with Crippen molar-refractivity contribution in [3.8, 4) is 0 Å². The highest BCUT2D eigenvalue weighted by Gasteiger charge is 2.26. The van der Waals surface area contributed by atoms with E-state index in [0.717, 1.165) is 11.2 Å². The summed E-state index contributed by atoms with van der Waals surface area (Å²) in [4.78, 5) is 29.1. The summed E-state index contributed by atoms with van der Waals surface area (Å²) in [5, 5.41) is 0. The van der Waals surface area contributed by atoms with E-state index in [1.807, 2.05) is 16.5 Å². The van der Waals surface area contributed by atoms with Crippen molar-refractivity contribution < 1.29 is 9.18 Å². The van der Waals surface area contributed by atoms with Crippen LogP contribution in [0, 0.1) is 5.82 Å². The molecule has 0 aliphatic carbocycles. The van der Waals surface area contributed by atoms with Gasteiger partial charge in [0, 0.05) is 26.7 Å². The normalized spacial score (nSPS) is 15.2. The minimum Gasteiger partial charge on any atom is -0.344 e. The lowest BCUT2D eigenvalue weighted by molar-refractivity contribution is -0.131. The van der Waals surface area contributed by atoms with Crippen LogP contribution < -0.4 is 4.90 Å². The lowest BCUT2D eigenvalue weighted by atomic mass is 10.2. The van der Waals surface area contributed by atoms with E-state index in [9.17, 15) is 9.18 Å². The quantitative estimate of drug-likeness (QED) is 0.720. The molecule has 1 amide bonds. The van der Waals surface area contributed by atoms with Crippen molar-refractivity contribution in [3.05, 3.63) is 48.3 Å². The van der Waals surface area contributed by atoms with Gasteiger partial charge in [0.25, 0.3) is 0 Å². The third-order valence-electron chi connectivity index (χ3n) is 4.38. The fourth-order valence-electron chi connectivity index (χ4n) is 3.03. The molecule has 3 heterocycles. The zero-order chi connectivity index (χ0) is 17.4. The number of fused-ring (bicyclic) bond motifs is 1. The first kappa shape index (κ1) is 15.5. The van der Waals surface area contributed by atoms with Crippen LogP contribution in [0.4, 0.5) is 10.2 Å². The largest absolute Gasteiger partial charge is 0.344 e. The van der Waals surface area contributed by atoms with Crippen LogP contribution in [0.25, 0.3) is 11.2 Å². The molecule has 4 rings (SSSR count). The number of aromatic nitrogens is 4. The molecule has 1 aliphatic rings.